The van der Waals surface area contributed by atoms with Crippen LogP contribution in [0.15, 0.2) is 78.5 Å². The Morgan fingerprint density at radius 1 is 1.03 bits per heavy atom. The lowest BCUT2D eigenvalue weighted by Gasteiger charge is -2.19. The normalized spacial score (nSPS) is 12.2. The van der Waals surface area contributed by atoms with E-state index in [4.69, 9.17) is 23.2 Å². The number of nitrogens with zero attached hydrogens (tertiary/aromatic N) is 4. The van der Waals surface area contributed by atoms with E-state index in [1.807, 2.05) is 37.1 Å². The van der Waals surface area contributed by atoms with Gasteiger partial charge in [-0.05, 0) is 42.0 Å². The van der Waals surface area contributed by atoms with Crippen molar-refractivity contribution < 1.29 is 0 Å². The van der Waals surface area contributed by atoms with Gasteiger partial charge in [-0.15, -0.1) is 11.8 Å². The van der Waals surface area contributed by atoms with Crippen molar-refractivity contribution in [2.45, 2.75) is 30.0 Å². The minimum atomic E-state index is 0.124. The Morgan fingerprint density at radius 3 is 2.55 bits per heavy atom. The summed E-state index contributed by atoms with van der Waals surface area (Å²) in [6, 6.07) is 14.2. The quantitative estimate of drug-likeness (QED) is 0.307. The smallest absolute Gasteiger partial charge is 0.112 e. The molecule has 0 aliphatic rings. The van der Waals surface area contributed by atoms with Gasteiger partial charge < -0.3 is 9.13 Å². The van der Waals surface area contributed by atoms with E-state index in [1.165, 1.54) is 4.90 Å². The zero-order chi connectivity index (χ0) is 20.2. The summed E-state index contributed by atoms with van der Waals surface area (Å²) in [5.74, 6) is 1.05. The summed E-state index contributed by atoms with van der Waals surface area (Å²) in [6.45, 7) is 2.87. The molecule has 7 heteroatoms. The average molecular weight is 443 g/mol. The Bertz CT molecular complexity index is 1070. The van der Waals surface area contributed by atoms with Crippen LogP contribution in [0.3, 0.4) is 0 Å². The van der Waals surface area contributed by atoms with Gasteiger partial charge >= 0.3 is 0 Å². The number of aryl methyl sites for hydroxylation is 1. The van der Waals surface area contributed by atoms with Crippen LogP contribution in [0.4, 0.5) is 0 Å². The molecule has 0 N–H and O–H groups in total. The Morgan fingerprint density at radius 2 is 1.86 bits per heavy atom. The second-order valence-electron chi connectivity index (χ2n) is 6.59. The Hall–Kier alpha value is -2.21. The van der Waals surface area contributed by atoms with Gasteiger partial charge in [0.2, 0.25) is 0 Å². The lowest BCUT2D eigenvalue weighted by molar-refractivity contribution is 0.683. The predicted molar refractivity (Wildman–Crippen MR) is 120 cm³/mol. The number of hydrogen-bond acceptors (Lipinski definition) is 3. The van der Waals surface area contributed by atoms with Crippen LogP contribution in [-0.4, -0.2) is 19.1 Å². The molecular weight excluding hydrogens is 423 g/mol. The Kier molecular flexibility index (Phi) is 6.28. The summed E-state index contributed by atoms with van der Waals surface area (Å²) in [6.07, 6.45) is 10.3. The second kappa shape index (κ2) is 9.08. The molecule has 0 saturated carbocycles. The summed E-state index contributed by atoms with van der Waals surface area (Å²) in [5.41, 5.74) is 2.17. The van der Waals surface area contributed by atoms with E-state index >= 15 is 0 Å². The largest absolute Gasteiger partial charge is 0.336 e. The van der Waals surface area contributed by atoms with Crippen molar-refractivity contribution in [1.82, 2.24) is 19.1 Å². The topological polar surface area (TPSA) is 35.6 Å². The average Bonchev–Trinajstić information content (AvgIpc) is 3.40. The molecule has 0 aliphatic heterocycles. The van der Waals surface area contributed by atoms with Crippen LogP contribution >= 0.6 is 35.0 Å². The second-order valence-corrected chi connectivity index (χ2v) is 8.71. The van der Waals surface area contributed by atoms with Gasteiger partial charge in [-0.1, -0.05) is 36.2 Å². The highest BCUT2D eigenvalue weighted by molar-refractivity contribution is 7.99. The number of hydrogen-bond donors (Lipinski definition) is 0. The van der Waals surface area contributed by atoms with Crippen molar-refractivity contribution in [2.24, 2.45) is 0 Å². The monoisotopic (exact) mass is 442 g/mol. The van der Waals surface area contributed by atoms with Gasteiger partial charge in [0.25, 0.3) is 0 Å². The summed E-state index contributed by atoms with van der Waals surface area (Å²) in [5, 5.41) is 1.44. The van der Waals surface area contributed by atoms with Crippen molar-refractivity contribution in [3.63, 3.8) is 0 Å². The molecule has 4 rings (SSSR count). The fraction of sp³-hybridized carbons (Fsp3) is 0.182. The third-order valence-electron chi connectivity index (χ3n) is 4.67. The summed E-state index contributed by atoms with van der Waals surface area (Å²) >= 11 is 14.4. The van der Waals surface area contributed by atoms with Crippen LogP contribution in [-0.2, 0) is 13.0 Å². The van der Waals surface area contributed by atoms with E-state index in [1.54, 1.807) is 24.0 Å². The van der Waals surface area contributed by atoms with Crippen LogP contribution in [0, 0.1) is 0 Å². The molecule has 0 aliphatic carbocycles. The summed E-state index contributed by atoms with van der Waals surface area (Å²) in [4.78, 5) is 9.73. The van der Waals surface area contributed by atoms with Gasteiger partial charge in [-0.3, -0.25) is 0 Å². The van der Waals surface area contributed by atoms with Crippen LogP contribution in [0.1, 0.15) is 23.6 Å². The van der Waals surface area contributed by atoms with E-state index in [2.05, 4.69) is 50.3 Å². The van der Waals surface area contributed by atoms with Gasteiger partial charge in [0.05, 0.1) is 11.6 Å². The maximum Gasteiger partial charge on any atom is 0.112 e. The third-order valence-corrected chi connectivity index (χ3v) is 6.47. The molecule has 0 radical (unpaired) electrons. The lowest BCUT2D eigenvalue weighted by atomic mass is 10.1. The fourth-order valence-corrected chi connectivity index (χ4v) is 5.03. The van der Waals surface area contributed by atoms with E-state index in [0.29, 0.717) is 10.0 Å². The first-order valence-electron chi connectivity index (χ1n) is 9.34. The lowest BCUT2D eigenvalue weighted by Crippen LogP contribution is -2.06. The number of aromatic nitrogens is 4. The molecular formula is C22H20Cl2N4S. The van der Waals surface area contributed by atoms with Crippen LogP contribution in [0.25, 0.3) is 5.69 Å². The number of thioether (sulfide) groups is 1. The summed E-state index contributed by atoms with van der Waals surface area (Å²) in [7, 11) is 0. The Balaban J connectivity index is 1.60. The maximum atomic E-state index is 6.52. The third kappa shape index (κ3) is 4.69. The van der Waals surface area contributed by atoms with E-state index in [0.717, 1.165) is 30.0 Å². The zero-order valence-corrected chi connectivity index (χ0v) is 18.2. The number of rotatable bonds is 7. The van der Waals surface area contributed by atoms with Gasteiger partial charge in [0.15, 0.2) is 0 Å². The summed E-state index contributed by atoms with van der Waals surface area (Å²) < 4.78 is 4.18. The molecule has 4 aromatic rings. The Labute approximate surface area is 184 Å². The molecule has 0 amide bonds. The molecule has 2 heterocycles. The highest BCUT2D eigenvalue weighted by Gasteiger charge is 2.18. The molecule has 0 fully saturated rings. The highest BCUT2D eigenvalue weighted by atomic mass is 35.5. The highest BCUT2D eigenvalue weighted by Crippen LogP contribution is 2.40. The maximum absolute atomic E-state index is 6.52. The van der Waals surface area contributed by atoms with Gasteiger partial charge in [0.1, 0.15) is 5.82 Å². The van der Waals surface area contributed by atoms with Gasteiger partial charge in [0, 0.05) is 58.4 Å². The first-order valence-corrected chi connectivity index (χ1v) is 11.0. The van der Waals surface area contributed by atoms with Gasteiger partial charge in [-0.25, -0.2) is 9.97 Å². The predicted octanol–water partition coefficient (Wildman–Crippen LogP) is 6.47. The molecule has 148 valence electrons. The van der Waals surface area contributed by atoms with E-state index in [9.17, 15) is 0 Å². The molecule has 1 unspecified atom stereocenters. The van der Waals surface area contributed by atoms with E-state index < -0.39 is 0 Å². The van der Waals surface area contributed by atoms with Crippen LogP contribution < -0.4 is 0 Å². The van der Waals surface area contributed by atoms with Crippen molar-refractivity contribution >= 4 is 35.0 Å². The molecule has 2 aromatic carbocycles. The van der Waals surface area contributed by atoms with Crippen molar-refractivity contribution in [3.8, 4) is 5.69 Å². The molecule has 0 saturated heterocycles. The first kappa shape index (κ1) is 20.1. The molecule has 2 aromatic heterocycles. The molecule has 29 heavy (non-hydrogen) atoms. The molecule has 0 spiro atoms. The van der Waals surface area contributed by atoms with Crippen molar-refractivity contribution in [3.05, 3.63) is 95.0 Å². The fourth-order valence-electron chi connectivity index (χ4n) is 3.23. The van der Waals surface area contributed by atoms with Crippen LogP contribution in [0.2, 0.25) is 10.0 Å². The molecule has 4 nitrogen and oxygen atoms in total. The molecule has 0 bridgehead atoms. The standard InChI is InChI=1S/C22H20Cl2N4S/c1-2-22-26-10-12-28(22)17-4-6-18(7-5-17)29-21(14-27-11-9-25-15-27)19-8-3-16(23)13-20(19)24/h3-13,15,21H,2,14H2,1H3. The SMILES string of the molecule is CCc1nccn1-c1ccc(SC(Cn2ccnc2)c2ccc(Cl)cc2Cl)cc1. The van der Waals surface area contributed by atoms with E-state index in [-0.39, 0.29) is 5.25 Å². The van der Waals surface area contributed by atoms with Crippen molar-refractivity contribution in [1.29, 1.82) is 0 Å². The minimum absolute atomic E-state index is 0.124. The van der Waals surface area contributed by atoms with Crippen LogP contribution in [0.5, 0.6) is 0 Å². The van der Waals surface area contributed by atoms with Crippen molar-refractivity contribution in [2.75, 3.05) is 0 Å². The first-order chi connectivity index (χ1) is 14.1. The number of benzene rings is 2. The van der Waals surface area contributed by atoms with Gasteiger partial charge in [-0.2, -0.15) is 0 Å². The number of imidazole rings is 2. The zero-order valence-electron chi connectivity index (χ0n) is 15.9. The minimum Gasteiger partial charge on any atom is -0.336 e. The number of halogens is 2. The molecule has 1 atom stereocenters.